The van der Waals surface area contributed by atoms with Crippen LogP contribution in [0.15, 0.2) is 30.3 Å². The second-order valence-corrected chi connectivity index (χ2v) is 4.24. The highest BCUT2D eigenvalue weighted by atomic mass is 16.5. The van der Waals surface area contributed by atoms with Crippen LogP contribution in [0.3, 0.4) is 0 Å². The molecule has 0 fully saturated rings. The first-order chi connectivity index (χ1) is 9.60. The highest BCUT2D eigenvalue weighted by Crippen LogP contribution is 2.24. The number of carbonyl (C=O) groups is 1. The van der Waals surface area contributed by atoms with Crippen LogP contribution in [0.25, 0.3) is 11.3 Å². The fourth-order valence-electron chi connectivity index (χ4n) is 1.78. The first-order valence-corrected chi connectivity index (χ1v) is 6.04. The molecule has 0 bridgehead atoms. The largest absolute Gasteiger partial charge is 0.496 e. The third-order valence-electron chi connectivity index (χ3n) is 2.78. The van der Waals surface area contributed by atoms with Gasteiger partial charge in [0.25, 0.3) is 0 Å². The van der Waals surface area contributed by atoms with Crippen molar-refractivity contribution in [3.8, 4) is 17.0 Å². The van der Waals surface area contributed by atoms with Crippen molar-refractivity contribution in [2.45, 2.75) is 6.92 Å². The van der Waals surface area contributed by atoms with E-state index in [1.165, 1.54) is 0 Å². The van der Waals surface area contributed by atoms with E-state index in [2.05, 4.69) is 15.5 Å². The quantitative estimate of drug-likeness (QED) is 0.866. The molecule has 0 aliphatic carbocycles. The lowest BCUT2D eigenvalue weighted by Crippen LogP contribution is -2.13. The lowest BCUT2D eigenvalue weighted by molar-refractivity contribution is -0.134. The summed E-state index contributed by atoms with van der Waals surface area (Å²) in [6, 6.07) is 9.24. The number of carboxylic acid groups (broad SMARTS) is 1. The van der Waals surface area contributed by atoms with Crippen molar-refractivity contribution in [3.63, 3.8) is 0 Å². The van der Waals surface area contributed by atoms with E-state index < -0.39 is 5.97 Å². The van der Waals surface area contributed by atoms with Gasteiger partial charge in [-0.3, -0.25) is 4.79 Å². The maximum absolute atomic E-state index is 10.4. The Kier molecular flexibility index (Phi) is 4.14. The number of nitrogens with zero attached hydrogens (tertiary/aromatic N) is 2. The van der Waals surface area contributed by atoms with Crippen molar-refractivity contribution in [2.24, 2.45) is 0 Å². The van der Waals surface area contributed by atoms with Gasteiger partial charge in [0, 0.05) is 5.56 Å². The molecule has 0 radical (unpaired) electrons. The van der Waals surface area contributed by atoms with Crippen molar-refractivity contribution < 1.29 is 14.6 Å². The molecule has 0 aliphatic rings. The molecule has 20 heavy (non-hydrogen) atoms. The van der Waals surface area contributed by atoms with Gasteiger partial charge in [-0.15, -0.1) is 10.2 Å². The Hall–Kier alpha value is -2.63. The van der Waals surface area contributed by atoms with Crippen LogP contribution in [-0.2, 0) is 4.79 Å². The molecule has 0 spiro atoms. The number of benzene rings is 1. The van der Waals surface area contributed by atoms with Gasteiger partial charge in [0.05, 0.1) is 12.8 Å². The Morgan fingerprint density at radius 1 is 1.30 bits per heavy atom. The van der Waals surface area contributed by atoms with E-state index in [9.17, 15) is 4.79 Å². The van der Waals surface area contributed by atoms with Gasteiger partial charge >= 0.3 is 5.97 Å². The first-order valence-electron chi connectivity index (χ1n) is 6.04. The molecular formula is C14H15N3O3. The maximum atomic E-state index is 10.4. The zero-order valence-corrected chi connectivity index (χ0v) is 11.3. The molecule has 6 nitrogen and oxygen atoms in total. The zero-order valence-electron chi connectivity index (χ0n) is 11.3. The molecule has 1 aromatic heterocycles. The van der Waals surface area contributed by atoms with Crippen LogP contribution in [0.2, 0.25) is 0 Å². The number of methoxy groups -OCH3 is 1. The molecule has 1 aromatic carbocycles. The molecule has 2 aromatic rings. The molecule has 2 N–H and O–H groups in total. The van der Waals surface area contributed by atoms with E-state index >= 15 is 0 Å². The normalized spacial score (nSPS) is 10.1. The average Bonchev–Trinajstić information content (AvgIpc) is 2.45. The highest BCUT2D eigenvalue weighted by molar-refractivity contribution is 5.72. The van der Waals surface area contributed by atoms with E-state index in [-0.39, 0.29) is 6.54 Å². The molecule has 104 valence electrons. The van der Waals surface area contributed by atoms with Crippen LogP contribution in [0.1, 0.15) is 5.56 Å². The number of ether oxygens (including phenoxy) is 1. The third-order valence-corrected chi connectivity index (χ3v) is 2.78. The lowest BCUT2D eigenvalue weighted by atomic mass is 10.1. The summed E-state index contributed by atoms with van der Waals surface area (Å²) in [5.41, 5.74) is 2.66. The van der Waals surface area contributed by atoms with E-state index in [4.69, 9.17) is 9.84 Å². The van der Waals surface area contributed by atoms with Crippen LogP contribution in [0.4, 0.5) is 5.82 Å². The standard InChI is InChI=1S/C14H15N3O3/c1-9-7-10(3-5-12(9)20-2)11-4-6-13(17-16-11)15-8-14(18)19/h3-7H,8H2,1-2H3,(H,15,17)(H,18,19). The third kappa shape index (κ3) is 3.23. The number of carboxylic acids is 1. The Labute approximate surface area is 116 Å². The Balaban J connectivity index is 2.17. The fourth-order valence-corrected chi connectivity index (χ4v) is 1.78. The number of anilines is 1. The van der Waals surface area contributed by atoms with Gasteiger partial charge in [0.1, 0.15) is 18.1 Å². The first kappa shape index (κ1) is 13.8. The van der Waals surface area contributed by atoms with E-state index in [0.717, 1.165) is 22.6 Å². The van der Waals surface area contributed by atoms with Crippen molar-refractivity contribution in [2.75, 3.05) is 19.0 Å². The number of nitrogens with one attached hydrogen (secondary N) is 1. The summed E-state index contributed by atoms with van der Waals surface area (Å²) in [4.78, 5) is 10.4. The number of hydrogen-bond acceptors (Lipinski definition) is 5. The maximum Gasteiger partial charge on any atom is 0.322 e. The smallest absolute Gasteiger partial charge is 0.322 e. The van der Waals surface area contributed by atoms with Gasteiger partial charge in [-0.25, -0.2) is 0 Å². The minimum absolute atomic E-state index is 0.185. The molecule has 0 saturated heterocycles. The summed E-state index contributed by atoms with van der Waals surface area (Å²) in [6.07, 6.45) is 0. The highest BCUT2D eigenvalue weighted by Gasteiger charge is 2.05. The SMILES string of the molecule is COc1ccc(-c2ccc(NCC(=O)O)nn2)cc1C. The summed E-state index contributed by atoms with van der Waals surface area (Å²) in [5.74, 6) is 0.310. The average molecular weight is 273 g/mol. The van der Waals surface area contributed by atoms with Crippen molar-refractivity contribution in [3.05, 3.63) is 35.9 Å². The van der Waals surface area contributed by atoms with Crippen LogP contribution < -0.4 is 10.1 Å². The second kappa shape index (κ2) is 6.01. The van der Waals surface area contributed by atoms with E-state index in [1.807, 2.05) is 25.1 Å². The Bertz CT molecular complexity index is 612. The van der Waals surface area contributed by atoms with Crippen LogP contribution in [-0.4, -0.2) is 34.9 Å². The molecule has 0 saturated carbocycles. The topological polar surface area (TPSA) is 84.3 Å². The summed E-state index contributed by atoms with van der Waals surface area (Å²) in [6.45, 7) is 1.77. The number of aliphatic carboxylic acids is 1. The predicted molar refractivity (Wildman–Crippen MR) is 74.9 cm³/mol. The molecule has 0 atom stereocenters. The molecule has 2 rings (SSSR count). The second-order valence-electron chi connectivity index (χ2n) is 4.24. The van der Waals surface area contributed by atoms with Gasteiger partial charge in [0.2, 0.25) is 0 Å². The van der Waals surface area contributed by atoms with Gasteiger partial charge in [-0.2, -0.15) is 0 Å². The number of hydrogen-bond donors (Lipinski definition) is 2. The molecule has 0 unspecified atom stereocenters. The van der Waals surface area contributed by atoms with Gasteiger partial charge in [0.15, 0.2) is 0 Å². The van der Waals surface area contributed by atoms with Crippen LogP contribution in [0, 0.1) is 6.92 Å². The fraction of sp³-hybridized carbons (Fsp3) is 0.214. The van der Waals surface area contributed by atoms with Crippen molar-refractivity contribution in [1.82, 2.24) is 10.2 Å². The van der Waals surface area contributed by atoms with Crippen molar-refractivity contribution in [1.29, 1.82) is 0 Å². The van der Waals surface area contributed by atoms with Crippen LogP contribution in [0.5, 0.6) is 5.75 Å². The number of aromatic nitrogens is 2. The summed E-state index contributed by atoms with van der Waals surface area (Å²) < 4.78 is 5.21. The number of aryl methyl sites for hydroxylation is 1. The summed E-state index contributed by atoms with van der Waals surface area (Å²) in [7, 11) is 1.63. The van der Waals surface area contributed by atoms with E-state index in [1.54, 1.807) is 19.2 Å². The number of rotatable bonds is 5. The minimum Gasteiger partial charge on any atom is -0.496 e. The van der Waals surface area contributed by atoms with Crippen LogP contribution >= 0.6 is 0 Å². The minimum atomic E-state index is -0.943. The lowest BCUT2D eigenvalue weighted by Gasteiger charge is -2.07. The Morgan fingerprint density at radius 2 is 2.10 bits per heavy atom. The molecule has 0 aliphatic heterocycles. The van der Waals surface area contributed by atoms with Gasteiger partial charge in [-0.1, -0.05) is 0 Å². The summed E-state index contributed by atoms with van der Waals surface area (Å²) in [5, 5.41) is 19.2. The molecule has 6 heteroatoms. The van der Waals surface area contributed by atoms with Gasteiger partial charge in [-0.05, 0) is 42.8 Å². The van der Waals surface area contributed by atoms with E-state index in [0.29, 0.717) is 5.82 Å². The molecule has 1 heterocycles. The molecular weight excluding hydrogens is 258 g/mol. The monoisotopic (exact) mass is 273 g/mol. The van der Waals surface area contributed by atoms with Gasteiger partial charge < -0.3 is 15.2 Å². The zero-order chi connectivity index (χ0) is 14.5. The summed E-state index contributed by atoms with van der Waals surface area (Å²) >= 11 is 0. The molecule has 0 amide bonds. The van der Waals surface area contributed by atoms with Crippen molar-refractivity contribution >= 4 is 11.8 Å². The Morgan fingerprint density at radius 3 is 2.65 bits per heavy atom. The predicted octanol–water partition coefficient (Wildman–Crippen LogP) is 1.96.